The van der Waals surface area contributed by atoms with Crippen molar-refractivity contribution >= 4 is 23.8 Å². The van der Waals surface area contributed by atoms with Crippen LogP contribution in [0.2, 0.25) is 0 Å². The molecule has 0 atom stereocenters. The number of carbonyl (C=O) groups is 2. The van der Waals surface area contributed by atoms with Crippen molar-refractivity contribution in [1.29, 1.82) is 0 Å². The van der Waals surface area contributed by atoms with Gasteiger partial charge in [0.2, 0.25) is 0 Å². The lowest BCUT2D eigenvalue weighted by Crippen LogP contribution is -2.27. The number of aromatic hydroxyl groups is 1. The first-order valence-electron chi connectivity index (χ1n) is 5.91. The SMILES string of the molecule is CC(C)(C)OC(=O)Nc1cc(/C=C/C(=O)O)ccc1O. The molecule has 0 spiro atoms. The number of rotatable bonds is 3. The van der Waals surface area contributed by atoms with E-state index in [1.54, 1.807) is 20.8 Å². The molecule has 0 bridgehead atoms. The minimum atomic E-state index is -1.08. The number of nitrogens with one attached hydrogen (secondary N) is 1. The zero-order valence-corrected chi connectivity index (χ0v) is 11.5. The standard InChI is InChI=1S/C14H17NO5/c1-14(2,3)20-13(19)15-10-8-9(4-6-11(10)16)5-7-12(17)18/h4-8,16H,1-3H3,(H,15,19)(H,17,18)/b7-5+. The van der Waals surface area contributed by atoms with E-state index in [0.29, 0.717) is 5.56 Å². The number of carboxylic acid groups (broad SMARTS) is 1. The summed E-state index contributed by atoms with van der Waals surface area (Å²) in [6.07, 6.45) is 1.61. The lowest BCUT2D eigenvalue weighted by molar-refractivity contribution is -0.131. The molecule has 0 aliphatic rings. The average molecular weight is 279 g/mol. The minimum absolute atomic E-state index is 0.136. The van der Waals surface area contributed by atoms with E-state index in [-0.39, 0.29) is 11.4 Å². The lowest BCUT2D eigenvalue weighted by atomic mass is 10.1. The molecule has 0 unspecified atom stereocenters. The van der Waals surface area contributed by atoms with E-state index in [2.05, 4.69) is 5.32 Å². The molecule has 3 N–H and O–H groups in total. The van der Waals surface area contributed by atoms with Crippen molar-refractivity contribution in [2.75, 3.05) is 5.32 Å². The van der Waals surface area contributed by atoms with Crippen molar-refractivity contribution in [1.82, 2.24) is 0 Å². The Hall–Kier alpha value is -2.50. The number of phenols is 1. The van der Waals surface area contributed by atoms with Gasteiger partial charge < -0.3 is 14.9 Å². The third-order valence-electron chi connectivity index (χ3n) is 2.07. The van der Waals surface area contributed by atoms with E-state index < -0.39 is 17.7 Å². The minimum Gasteiger partial charge on any atom is -0.506 e. The third kappa shape index (κ3) is 5.43. The first kappa shape index (κ1) is 15.6. The van der Waals surface area contributed by atoms with Crippen molar-refractivity contribution in [3.8, 4) is 5.75 Å². The summed E-state index contributed by atoms with van der Waals surface area (Å²) >= 11 is 0. The van der Waals surface area contributed by atoms with Gasteiger partial charge >= 0.3 is 12.1 Å². The molecule has 1 rings (SSSR count). The second-order valence-electron chi connectivity index (χ2n) is 5.08. The molecule has 0 saturated carbocycles. The highest BCUT2D eigenvalue weighted by molar-refractivity contribution is 5.89. The van der Waals surface area contributed by atoms with Gasteiger partial charge in [-0.25, -0.2) is 9.59 Å². The molecule has 0 fully saturated rings. The summed E-state index contributed by atoms with van der Waals surface area (Å²) in [7, 11) is 0. The summed E-state index contributed by atoms with van der Waals surface area (Å²) < 4.78 is 5.06. The molecule has 1 amide bonds. The van der Waals surface area contributed by atoms with Crippen molar-refractivity contribution in [3.05, 3.63) is 29.8 Å². The van der Waals surface area contributed by atoms with Crippen LogP contribution in [0.5, 0.6) is 5.75 Å². The number of carbonyl (C=O) groups excluding carboxylic acids is 1. The number of carboxylic acids is 1. The van der Waals surface area contributed by atoms with Crippen LogP contribution in [0.4, 0.5) is 10.5 Å². The Morgan fingerprint density at radius 1 is 1.30 bits per heavy atom. The molecule has 0 aromatic heterocycles. The van der Waals surface area contributed by atoms with Crippen LogP contribution >= 0.6 is 0 Å². The third-order valence-corrected chi connectivity index (χ3v) is 2.07. The normalized spacial score (nSPS) is 11.3. The van der Waals surface area contributed by atoms with Crippen LogP contribution in [-0.2, 0) is 9.53 Å². The molecule has 0 saturated heterocycles. The zero-order valence-electron chi connectivity index (χ0n) is 11.5. The number of aliphatic carboxylic acids is 1. The molecule has 108 valence electrons. The Morgan fingerprint density at radius 2 is 1.95 bits per heavy atom. The largest absolute Gasteiger partial charge is 0.506 e. The van der Waals surface area contributed by atoms with Crippen LogP contribution in [0.25, 0.3) is 6.08 Å². The van der Waals surface area contributed by atoms with Gasteiger partial charge in [0.25, 0.3) is 0 Å². The second kappa shape index (κ2) is 6.10. The summed E-state index contributed by atoms with van der Waals surface area (Å²) in [4.78, 5) is 22.0. The fourth-order valence-electron chi connectivity index (χ4n) is 1.34. The van der Waals surface area contributed by atoms with Gasteiger partial charge in [-0.3, -0.25) is 5.32 Å². The molecule has 1 aromatic rings. The molecule has 6 nitrogen and oxygen atoms in total. The average Bonchev–Trinajstić information content (AvgIpc) is 2.27. The van der Waals surface area contributed by atoms with E-state index in [1.807, 2.05) is 0 Å². The van der Waals surface area contributed by atoms with Crippen LogP contribution in [0.1, 0.15) is 26.3 Å². The molecule has 20 heavy (non-hydrogen) atoms. The number of phenolic OH excluding ortho intramolecular Hbond substituents is 1. The number of amides is 1. The first-order valence-corrected chi connectivity index (χ1v) is 5.91. The fraction of sp³-hybridized carbons (Fsp3) is 0.286. The smallest absolute Gasteiger partial charge is 0.412 e. The van der Waals surface area contributed by atoms with E-state index in [1.165, 1.54) is 24.3 Å². The predicted molar refractivity (Wildman–Crippen MR) is 74.6 cm³/mol. The van der Waals surface area contributed by atoms with Crippen molar-refractivity contribution in [2.45, 2.75) is 26.4 Å². The summed E-state index contributed by atoms with van der Waals surface area (Å²) in [6, 6.07) is 4.32. The van der Waals surface area contributed by atoms with Gasteiger partial charge in [0, 0.05) is 6.08 Å². The van der Waals surface area contributed by atoms with E-state index in [9.17, 15) is 14.7 Å². The fourth-order valence-corrected chi connectivity index (χ4v) is 1.34. The number of hydrogen-bond acceptors (Lipinski definition) is 4. The first-order chi connectivity index (χ1) is 9.17. The van der Waals surface area contributed by atoms with Crippen LogP contribution in [0.3, 0.4) is 0 Å². The molecule has 1 aromatic carbocycles. The van der Waals surface area contributed by atoms with Gasteiger partial charge in [0.1, 0.15) is 11.4 Å². The van der Waals surface area contributed by atoms with Gasteiger partial charge in [-0.2, -0.15) is 0 Å². The Labute approximate surface area is 116 Å². The summed E-state index contributed by atoms with van der Waals surface area (Å²) in [5.41, 5.74) is 0.0172. The van der Waals surface area contributed by atoms with E-state index in [4.69, 9.17) is 9.84 Å². The van der Waals surface area contributed by atoms with E-state index in [0.717, 1.165) is 6.08 Å². The Kier molecular flexibility index (Phi) is 4.74. The van der Waals surface area contributed by atoms with Gasteiger partial charge in [-0.05, 0) is 44.5 Å². The van der Waals surface area contributed by atoms with Crippen molar-refractivity contribution in [3.63, 3.8) is 0 Å². The second-order valence-corrected chi connectivity index (χ2v) is 5.08. The predicted octanol–water partition coefficient (Wildman–Crippen LogP) is 2.84. The highest BCUT2D eigenvalue weighted by atomic mass is 16.6. The highest BCUT2D eigenvalue weighted by Crippen LogP contribution is 2.25. The highest BCUT2D eigenvalue weighted by Gasteiger charge is 2.17. The molecule has 6 heteroatoms. The van der Waals surface area contributed by atoms with Gasteiger partial charge in [-0.15, -0.1) is 0 Å². The summed E-state index contributed by atoms with van der Waals surface area (Å²) in [5.74, 6) is -1.22. The Balaban J connectivity index is 2.87. The molecular weight excluding hydrogens is 262 g/mol. The molecule has 0 aliphatic heterocycles. The van der Waals surface area contributed by atoms with E-state index >= 15 is 0 Å². The van der Waals surface area contributed by atoms with Crippen LogP contribution in [0, 0.1) is 0 Å². The van der Waals surface area contributed by atoms with Gasteiger partial charge in [-0.1, -0.05) is 6.07 Å². The maximum Gasteiger partial charge on any atom is 0.412 e. The monoisotopic (exact) mass is 279 g/mol. The van der Waals surface area contributed by atoms with Crippen molar-refractivity contribution in [2.24, 2.45) is 0 Å². The van der Waals surface area contributed by atoms with Gasteiger partial charge in [0.05, 0.1) is 5.69 Å². The molecular formula is C14H17NO5. The maximum atomic E-state index is 11.6. The number of anilines is 1. The van der Waals surface area contributed by atoms with Crippen LogP contribution < -0.4 is 5.32 Å². The van der Waals surface area contributed by atoms with Crippen LogP contribution in [0.15, 0.2) is 24.3 Å². The number of benzene rings is 1. The number of hydrogen-bond donors (Lipinski definition) is 3. The topological polar surface area (TPSA) is 95.9 Å². The molecule has 0 radical (unpaired) electrons. The molecule has 0 aliphatic carbocycles. The summed E-state index contributed by atoms with van der Waals surface area (Å²) in [5, 5.41) is 20.6. The Morgan fingerprint density at radius 3 is 2.50 bits per heavy atom. The van der Waals surface area contributed by atoms with Crippen molar-refractivity contribution < 1.29 is 24.5 Å². The Bertz CT molecular complexity index is 543. The number of ether oxygens (including phenoxy) is 1. The quantitative estimate of drug-likeness (QED) is 0.584. The molecule has 0 heterocycles. The van der Waals surface area contributed by atoms with Crippen LogP contribution in [-0.4, -0.2) is 27.9 Å². The maximum absolute atomic E-state index is 11.6. The zero-order chi connectivity index (χ0) is 15.3. The summed E-state index contributed by atoms with van der Waals surface area (Å²) in [6.45, 7) is 5.16. The van der Waals surface area contributed by atoms with Gasteiger partial charge in [0.15, 0.2) is 0 Å². The lowest BCUT2D eigenvalue weighted by Gasteiger charge is -2.20.